The van der Waals surface area contributed by atoms with Gasteiger partial charge in [0.2, 0.25) is 15.9 Å². The average molecular weight is 498 g/mol. The third kappa shape index (κ3) is 5.67. The van der Waals surface area contributed by atoms with Gasteiger partial charge in [0.15, 0.2) is 0 Å². The largest absolute Gasteiger partial charge is 0.380 e. The molecule has 2 heterocycles. The predicted molar refractivity (Wildman–Crippen MR) is 139 cm³/mol. The Kier molecular flexibility index (Phi) is 7.76. The zero-order chi connectivity index (χ0) is 25.0. The zero-order valence-electron chi connectivity index (χ0n) is 20.8. The molecule has 0 spiro atoms. The number of anilines is 1. The van der Waals surface area contributed by atoms with Crippen LogP contribution in [0.25, 0.3) is 11.0 Å². The van der Waals surface area contributed by atoms with Crippen molar-refractivity contribution < 1.29 is 13.2 Å². The van der Waals surface area contributed by atoms with Crippen LogP contribution in [0.1, 0.15) is 38.4 Å². The lowest BCUT2D eigenvalue weighted by Gasteiger charge is -2.18. The molecule has 1 aliphatic heterocycles. The first kappa shape index (κ1) is 25.2. The van der Waals surface area contributed by atoms with Gasteiger partial charge in [-0.15, -0.1) is 0 Å². The number of nitrogens with zero attached hydrogens (tertiary/aromatic N) is 4. The Morgan fingerprint density at radius 2 is 1.94 bits per heavy atom. The number of imidazole rings is 1. The number of likely N-dealkylation sites (tertiary alicyclic amines) is 1. The van der Waals surface area contributed by atoms with Crippen LogP contribution in [0.3, 0.4) is 0 Å². The average Bonchev–Trinajstić information content (AvgIpc) is 3.45. The van der Waals surface area contributed by atoms with Crippen molar-refractivity contribution in [1.82, 2.24) is 18.8 Å². The van der Waals surface area contributed by atoms with E-state index in [1.54, 1.807) is 12.1 Å². The SMILES string of the molecule is CCCCn1c(CCC(=O)N2CCC(Nc3ccccc3)C2)nc2cc(S(=O)(=O)N(C)C)ccc21. The number of rotatable bonds is 10. The van der Waals surface area contributed by atoms with E-state index in [1.165, 1.54) is 18.4 Å². The number of aryl methyl sites for hydroxylation is 2. The second-order valence-electron chi connectivity index (χ2n) is 9.31. The Hall–Kier alpha value is -2.91. The van der Waals surface area contributed by atoms with Gasteiger partial charge in [0, 0.05) is 58.3 Å². The monoisotopic (exact) mass is 497 g/mol. The molecule has 8 nitrogen and oxygen atoms in total. The third-order valence-corrected chi connectivity index (χ3v) is 8.37. The minimum absolute atomic E-state index is 0.132. The van der Waals surface area contributed by atoms with Crippen molar-refractivity contribution in [3.05, 3.63) is 54.4 Å². The van der Waals surface area contributed by atoms with Crippen LogP contribution in [-0.4, -0.2) is 66.3 Å². The fraction of sp³-hybridized carbons (Fsp3) is 0.462. The van der Waals surface area contributed by atoms with E-state index in [1.807, 2.05) is 41.3 Å². The van der Waals surface area contributed by atoms with Gasteiger partial charge >= 0.3 is 0 Å². The lowest BCUT2D eigenvalue weighted by atomic mass is 10.2. The molecule has 1 atom stereocenters. The predicted octanol–water partition coefficient (Wildman–Crippen LogP) is 3.73. The number of hydrogen-bond donors (Lipinski definition) is 1. The molecule has 4 rings (SSSR count). The van der Waals surface area contributed by atoms with E-state index in [0.717, 1.165) is 49.4 Å². The van der Waals surface area contributed by atoms with E-state index in [4.69, 9.17) is 4.98 Å². The Morgan fingerprint density at radius 1 is 1.17 bits per heavy atom. The molecule has 0 bridgehead atoms. The van der Waals surface area contributed by atoms with Crippen LogP contribution < -0.4 is 5.32 Å². The van der Waals surface area contributed by atoms with Gasteiger partial charge in [-0.2, -0.15) is 0 Å². The maximum atomic E-state index is 13.0. The van der Waals surface area contributed by atoms with Crippen LogP contribution in [-0.2, 0) is 27.8 Å². The van der Waals surface area contributed by atoms with E-state index >= 15 is 0 Å². The minimum Gasteiger partial charge on any atom is -0.380 e. The van der Waals surface area contributed by atoms with Crippen LogP contribution in [0.4, 0.5) is 5.69 Å². The maximum Gasteiger partial charge on any atom is 0.242 e. The first-order chi connectivity index (χ1) is 16.8. The molecule has 1 unspecified atom stereocenters. The summed E-state index contributed by atoms with van der Waals surface area (Å²) in [6.07, 6.45) is 3.87. The van der Waals surface area contributed by atoms with Crippen molar-refractivity contribution in [1.29, 1.82) is 0 Å². The lowest BCUT2D eigenvalue weighted by Crippen LogP contribution is -2.31. The van der Waals surface area contributed by atoms with E-state index in [2.05, 4.69) is 16.8 Å². The number of nitrogens with one attached hydrogen (secondary N) is 1. The molecular formula is C26H35N5O3S. The molecule has 1 aromatic heterocycles. The third-order valence-electron chi connectivity index (χ3n) is 6.56. The van der Waals surface area contributed by atoms with Crippen molar-refractivity contribution in [3.63, 3.8) is 0 Å². The summed E-state index contributed by atoms with van der Waals surface area (Å²) < 4.78 is 28.5. The summed E-state index contributed by atoms with van der Waals surface area (Å²) in [6, 6.07) is 15.5. The maximum absolute atomic E-state index is 13.0. The number of carbonyl (C=O) groups excluding carboxylic acids is 1. The zero-order valence-corrected chi connectivity index (χ0v) is 21.6. The summed E-state index contributed by atoms with van der Waals surface area (Å²) in [5.74, 6) is 0.965. The van der Waals surface area contributed by atoms with Crippen molar-refractivity contribution in [2.45, 2.75) is 56.5 Å². The molecule has 2 aromatic carbocycles. The fourth-order valence-corrected chi connectivity index (χ4v) is 5.46. The molecule has 188 valence electrons. The summed E-state index contributed by atoms with van der Waals surface area (Å²) >= 11 is 0. The molecule has 1 fully saturated rings. The smallest absolute Gasteiger partial charge is 0.242 e. The van der Waals surface area contributed by atoms with Crippen molar-refractivity contribution >= 4 is 32.7 Å². The van der Waals surface area contributed by atoms with Gasteiger partial charge in [-0.25, -0.2) is 17.7 Å². The van der Waals surface area contributed by atoms with E-state index in [9.17, 15) is 13.2 Å². The van der Waals surface area contributed by atoms with Crippen LogP contribution in [0, 0.1) is 0 Å². The van der Waals surface area contributed by atoms with Crippen LogP contribution >= 0.6 is 0 Å². The van der Waals surface area contributed by atoms with Crippen LogP contribution in [0.5, 0.6) is 0 Å². The highest BCUT2D eigenvalue weighted by Gasteiger charge is 2.26. The summed E-state index contributed by atoms with van der Waals surface area (Å²) in [6.45, 7) is 4.38. The molecule has 35 heavy (non-hydrogen) atoms. The second kappa shape index (κ2) is 10.8. The van der Waals surface area contributed by atoms with Gasteiger partial charge in [0.1, 0.15) is 5.82 Å². The van der Waals surface area contributed by atoms with E-state index in [0.29, 0.717) is 24.9 Å². The molecule has 0 saturated carbocycles. The Labute approximate surface area is 208 Å². The fourth-order valence-electron chi connectivity index (χ4n) is 4.54. The second-order valence-corrected chi connectivity index (χ2v) is 11.5. The molecule has 3 aromatic rings. The van der Waals surface area contributed by atoms with Crippen molar-refractivity contribution in [2.24, 2.45) is 0 Å². The molecule has 9 heteroatoms. The molecule has 1 amide bonds. The molecule has 1 aliphatic rings. The summed E-state index contributed by atoms with van der Waals surface area (Å²) in [5.41, 5.74) is 2.64. The van der Waals surface area contributed by atoms with Gasteiger partial charge in [-0.05, 0) is 43.2 Å². The number of carbonyl (C=O) groups is 1. The standard InChI is InChI=1S/C26H35N5O3S/c1-4-5-16-31-24-12-11-22(35(33,34)29(2)3)18-23(24)28-25(31)13-14-26(32)30-17-15-21(19-30)27-20-9-7-6-8-10-20/h6-12,18,21,27H,4-5,13-17,19H2,1-3H3. The van der Waals surface area contributed by atoms with E-state index in [-0.39, 0.29) is 16.8 Å². The van der Waals surface area contributed by atoms with E-state index < -0.39 is 10.0 Å². The summed E-state index contributed by atoms with van der Waals surface area (Å²) in [7, 11) is -0.491. The number of unbranched alkanes of at least 4 members (excludes halogenated alkanes) is 1. The lowest BCUT2D eigenvalue weighted by molar-refractivity contribution is -0.130. The van der Waals surface area contributed by atoms with Gasteiger partial charge < -0.3 is 14.8 Å². The first-order valence-electron chi connectivity index (χ1n) is 12.3. The van der Waals surface area contributed by atoms with Gasteiger partial charge in [-0.1, -0.05) is 31.5 Å². The minimum atomic E-state index is -3.54. The van der Waals surface area contributed by atoms with Gasteiger partial charge in [0.05, 0.1) is 15.9 Å². The number of hydrogen-bond acceptors (Lipinski definition) is 5. The highest BCUT2D eigenvalue weighted by molar-refractivity contribution is 7.89. The molecule has 1 N–H and O–H groups in total. The quantitative estimate of drug-likeness (QED) is 0.461. The number of amides is 1. The number of benzene rings is 2. The number of aromatic nitrogens is 2. The summed E-state index contributed by atoms with van der Waals surface area (Å²) in [4.78, 5) is 19.9. The molecular weight excluding hydrogens is 462 g/mol. The number of para-hydroxylation sites is 1. The Bertz CT molecular complexity index is 1270. The highest BCUT2D eigenvalue weighted by Crippen LogP contribution is 2.24. The molecule has 1 saturated heterocycles. The van der Waals surface area contributed by atoms with Gasteiger partial charge in [-0.3, -0.25) is 4.79 Å². The summed E-state index contributed by atoms with van der Waals surface area (Å²) in [5, 5.41) is 3.51. The molecule has 0 aliphatic carbocycles. The van der Waals surface area contributed by atoms with Crippen molar-refractivity contribution in [3.8, 4) is 0 Å². The van der Waals surface area contributed by atoms with Crippen LogP contribution in [0.15, 0.2) is 53.4 Å². The topological polar surface area (TPSA) is 87.5 Å². The first-order valence-corrected chi connectivity index (χ1v) is 13.7. The van der Waals surface area contributed by atoms with Crippen molar-refractivity contribution in [2.75, 3.05) is 32.5 Å². The number of sulfonamides is 1. The Morgan fingerprint density at radius 3 is 2.66 bits per heavy atom. The van der Waals surface area contributed by atoms with Crippen LogP contribution in [0.2, 0.25) is 0 Å². The number of fused-ring (bicyclic) bond motifs is 1. The molecule has 0 radical (unpaired) electrons. The Balaban J connectivity index is 1.46. The highest BCUT2D eigenvalue weighted by atomic mass is 32.2. The van der Waals surface area contributed by atoms with Gasteiger partial charge in [0.25, 0.3) is 0 Å². The normalized spacial score (nSPS) is 16.3.